The van der Waals surface area contributed by atoms with Crippen molar-refractivity contribution in [3.63, 3.8) is 0 Å². The van der Waals surface area contributed by atoms with Crippen LogP contribution in [0.1, 0.15) is 48.9 Å². The van der Waals surface area contributed by atoms with Gasteiger partial charge < -0.3 is 10.0 Å². The lowest BCUT2D eigenvalue weighted by atomic mass is 9.79. The van der Waals surface area contributed by atoms with Gasteiger partial charge in [-0.25, -0.2) is 9.78 Å². The third-order valence-electron chi connectivity index (χ3n) is 5.39. The average Bonchev–Trinajstić information content (AvgIpc) is 3.17. The van der Waals surface area contributed by atoms with E-state index in [1.807, 2.05) is 30.3 Å². The van der Waals surface area contributed by atoms with E-state index in [9.17, 15) is 9.90 Å². The molecule has 2 heterocycles. The number of aryl methyl sites for hydroxylation is 1. The van der Waals surface area contributed by atoms with Gasteiger partial charge in [0.05, 0.1) is 17.8 Å². The van der Waals surface area contributed by atoms with Crippen molar-refractivity contribution in [1.82, 2.24) is 9.88 Å². The maximum Gasteiger partial charge on any atom is 0.324 e. The lowest BCUT2D eigenvalue weighted by Gasteiger charge is -2.28. The SMILES string of the molecule is CC1(C)CCc2nc(NC(=O)N3CC(O)CC3c3ccccc3)sc2C1. The number of nitrogens with one attached hydrogen (secondary N) is 1. The summed E-state index contributed by atoms with van der Waals surface area (Å²) in [6.45, 7) is 4.91. The summed E-state index contributed by atoms with van der Waals surface area (Å²) in [4.78, 5) is 20.5. The van der Waals surface area contributed by atoms with Gasteiger partial charge in [-0.2, -0.15) is 0 Å². The van der Waals surface area contributed by atoms with E-state index in [0.29, 0.717) is 23.5 Å². The molecule has 138 valence electrons. The van der Waals surface area contributed by atoms with Crippen molar-refractivity contribution in [3.8, 4) is 0 Å². The Kier molecular flexibility index (Phi) is 4.49. The molecule has 0 saturated carbocycles. The topological polar surface area (TPSA) is 65.5 Å². The van der Waals surface area contributed by atoms with Gasteiger partial charge in [0, 0.05) is 11.4 Å². The molecule has 26 heavy (non-hydrogen) atoms. The first-order valence-electron chi connectivity index (χ1n) is 9.20. The molecule has 5 nitrogen and oxygen atoms in total. The number of β-amino-alcohol motifs (C(OH)–C–C–N with tert-alkyl or cyclic N) is 1. The van der Waals surface area contributed by atoms with Crippen molar-refractivity contribution >= 4 is 22.5 Å². The van der Waals surface area contributed by atoms with Gasteiger partial charge in [-0.3, -0.25) is 5.32 Å². The third-order valence-corrected chi connectivity index (χ3v) is 6.41. The number of benzene rings is 1. The maximum absolute atomic E-state index is 12.9. The smallest absolute Gasteiger partial charge is 0.324 e. The molecule has 1 aliphatic carbocycles. The van der Waals surface area contributed by atoms with Crippen LogP contribution in [-0.2, 0) is 12.8 Å². The predicted octanol–water partition coefficient (Wildman–Crippen LogP) is 4.00. The van der Waals surface area contributed by atoms with Crippen molar-refractivity contribution in [2.75, 3.05) is 11.9 Å². The van der Waals surface area contributed by atoms with Crippen molar-refractivity contribution in [2.24, 2.45) is 5.41 Å². The van der Waals surface area contributed by atoms with Crippen LogP contribution in [0.25, 0.3) is 0 Å². The second kappa shape index (κ2) is 6.67. The first-order chi connectivity index (χ1) is 12.4. The first-order valence-corrected chi connectivity index (χ1v) is 10.0. The third kappa shape index (κ3) is 3.48. The van der Waals surface area contributed by atoms with E-state index >= 15 is 0 Å². The van der Waals surface area contributed by atoms with E-state index in [1.165, 1.54) is 4.88 Å². The van der Waals surface area contributed by atoms with Crippen LogP contribution in [0.3, 0.4) is 0 Å². The molecule has 4 rings (SSSR count). The number of amides is 2. The number of carbonyl (C=O) groups is 1. The molecule has 2 atom stereocenters. The number of aliphatic hydroxyl groups is 1. The summed E-state index contributed by atoms with van der Waals surface area (Å²) >= 11 is 1.59. The van der Waals surface area contributed by atoms with E-state index in [4.69, 9.17) is 0 Å². The molecule has 1 aromatic carbocycles. The zero-order valence-corrected chi connectivity index (χ0v) is 16.1. The lowest BCUT2D eigenvalue weighted by Crippen LogP contribution is -2.35. The standard InChI is InChI=1S/C20H25N3O2S/c1-20(2)9-8-15-17(11-20)26-18(21-15)22-19(25)23-12-14(24)10-16(23)13-6-4-3-5-7-13/h3-7,14,16,24H,8-12H2,1-2H3,(H,21,22,25). The van der Waals surface area contributed by atoms with Crippen LogP contribution in [-0.4, -0.2) is 33.7 Å². The van der Waals surface area contributed by atoms with Crippen molar-refractivity contribution < 1.29 is 9.90 Å². The number of rotatable bonds is 2. The fourth-order valence-electron chi connectivity index (χ4n) is 3.94. The van der Waals surface area contributed by atoms with E-state index in [1.54, 1.807) is 16.2 Å². The minimum Gasteiger partial charge on any atom is -0.391 e. The molecular formula is C20H25N3O2S. The number of urea groups is 1. The number of aromatic nitrogens is 1. The number of aliphatic hydroxyl groups excluding tert-OH is 1. The molecule has 6 heteroatoms. The summed E-state index contributed by atoms with van der Waals surface area (Å²) in [6.07, 6.45) is 3.21. The highest BCUT2D eigenvalue weighted by Crippen LogP contribution is 2.39. The van der Waals surface area contributed by atoms with Crippen LogP contribution < -0.4 is 5.32 Å². The average molecular weight is 372 g/mol. The normalized spacial score (nSPS) is 24.3. The van der Waals surface area contributed by atoms with E-state index < -0.39 is 6.10 Å². The highest BCUT2D eigenvalue weighted by atomic mass is 32.1. The van der Waals surface area contributed by atoms with Gasteiger partial charge in [-0.1, -0.05) is 44.2 Å². The Morgan fingerprint density at radius 1 is 1.35 bits per heavy atom. The molecule has 1 fully saturated rings. The van der Waals surface area contributed by atoms with Gasteiger partial charge in [-0.15, -0.1) is 11.3 Å². The molecule has 2 amide bonds. The molecular weight excluding hydrogens is 346 g/mol. The monoisotopic (exact) mass is 371 g/mol. The summed E-state index contributed by atoms with van der Waals surface area (Å²) in [5.41, 5.74) is 2.49. The van der Waals surface area contributed by atoms with Crippen LogP contribution >= 0.6 is 11.3 Å². The Balaban J connectivity index is 1.50. The summed E-state index contributed by atoms with van der Waals surface area (Å²) < 4.78 is 0. The van der Waals surface area contributed by atoms with Gasteiger partial charge in [0.1, 0.15) is 0 Å². The molecule has 2 N–H and O–H groups in total. The maximum atomic E-state index is 12.9. The van der Waals surface area contributed by atoms with Crippen LogP contribution in [0, 0.1) is 5.41 Å². The quantitative estimate of drug-likeness (QED) is 0.839. The number of fused-ring (bicyclic) bond motifs is 1. The highest BCUT2D eigenvalue weighted by Gasteiger charge is 2.36. The molecule has 2 aliphatic rings. The van der Waals surface area contributed by atoms with E-state index in [0.717, 1.165) is 30.5 Å². The number of likely N-dealkylation sites (tertiary alicyclic amines) is 1. The minimum absolute atomic E-state index is 0.0975. The Bertz CT molecular complexity index is 803. The summed E-state index contributed by atoms with van der Waals surface area (Å²) in [5.74, 6) is 0. The molecule has 0 bridgehead atoms. The zero-order chi connectivity index (χ0) is 18.3. The Labute approximate surface area is 158 Å². The van der Waals surface area contributed by atoms with Gasteiger partial charge in [0.15, 0.2) is 5.13 Å². The van der Waals surface area contributed by atoms with Gasteiger partial charge in [0.25, 0.3) is 0 Å². The first kappa shape index (κ1) is 17.5. The molecule has 1 aromatic heterocycles. The minimum atomic E-state index is -0.490. The Morgan fingerprint density at radius 2 is 2.12 bits per heavy atom. The van der Waals surface area contributed by atoms with Crippen molar-refractivity contribution in [3.05, 3.63) is 46.5 Å². The van der Waals surface area contributed by atoms with Crippen LogP contribution in [0.4, 0.5) is 9.93 Å². The second-order valence-corrected chi connectivity index (χ2v) is 9.21. The predicted molar refractivity (Wildman–Crippen MR) is 103 cm³/mol. The van der Waals surface area contributed by atoms with E-state index in [2.05, 4.69) is 24.1 Å². The van der Waals surface area contributed by atoms with Crippen LogP contribution in [0.2, 0.25) is 0 Å². The van der Waals surface area contributed by atoms with E-state index in [-0.39, 0.29) is 12.1 Å². The number of thiazole rings is 1. The fraction of sp³-hybridized carbons (Fsp3) is 0.500. The molecule has 2 unspecified atom stereocenters. The Hall–Kier alpha value is -1.92. The largest absolute Gasteiger partial charge is 0.391 e. The highest BCUT2D eigenvalue weighted by molar-refractivity contribution is 7.15. The number of hydrogen-bond donors (Lipinski definition) is 2. The molecule has 1 saturated heterocycles. The number of nitrogens with zero attached hydrogens (tertiary/aromatic N) is 2. The summed E-state index contributed by atoms with van der Waals surface area (Å²) in [5, 5.41) is 13.7. The van der Waals surface area contributed by atoms with Crippen LogP contribution in [0.15, 0.2) is 30.3 Å². The lowest BCUT2D eigenvalue weighted by molar-refractivity contribution is 0.175. The molecule has 0 spiro atoms. The molecule has 2 aromatic rings. The number of anilines is 1. The summed E-state index contributed by atoms with van der Waals surface area (Å²) in [7, 11) is 0. The van der Waals surface area contributed by atoms with Crippen molar-refractivity contribution in [1.29, 1.82) is 0 Å². The Morgan fingerprint density at radius 3 is 2.88 bits per heavy atom. The second-order valence-electron chi connectivity index (χ2n) is 8.13. The van der Waals surface area contributed by atoms with Gasteiger partial charge in [-0.05, 0) is 36.7 Å². The van der Waals surface area contributed by atoms with Crippen LogP contribution in [0.5, 0.6) is 0 Å². The number of hydrogen-bond acceptors (Lipinski definition) is 4. The van der Waals surface area contributed by atoms with Crippen molar-refractivity contribution in [2.45, 2.75) is 51.7 Å². The fourth-order valence-corrected chi connectivity index (χ4v) is 5.20. The van der Waals surface area contributed by atoms with Gasteiger partial charge >= 0.3 is 6.03 Å². The molecule has 1 aliphatic heterocycles. The summed E-state index contributed by atoms with van der Waals surface area (Å²) in [6, 6.07) is 9.63. The zero-order valence-electron chi connectivity index (χ0n) is 15.2. The van der Waals surface area contributed by atoms with Gasteiger partial charge in [0.2, 0.25) is 0 Å². The molecule has 0 radical (unpaired) electrons. The number of carbonyl (C=O) groups excluding carboxylic acids is 1.